The third kappa shape index (κ3) is 3.46. The molecule has 3 heterocycles. The van der Waals surface area contributed by atoms with Gasteiger partial charge in [-0.05, 0) is 60.7 Å². The van der Waals surface area contributed by atoms with Crippen LogP contribution in [0.1, 0.15) is 60.1 Å². The summed E-state index contributed by atoms with van der Waals surface area (Å²) >= 11 is 0. The number of carbonyl (C=O) groups excluding carboxylic acids is 2. The van der Waals surface area contributed by atoms with Crippen molar-refractivity contribution in [3.8, 4) is 0 Å². The molecule has 0 aliphatic carbocycles. The Morgan fingerprint density at radius 1 is 1.04 bits per heavy atom. The van der Waals surface area contributed by atoms with Gasteiger partial charge in [0, 0.05) is 43.7 Å². The van der Waals surface area contributed by atoms with E-state index in [1.807, 2.05) is 35.2 Å². The van der Waals surface area contributed by atoms with Crippen molar-refractivity contribution in [3.63, 3.8) is 0 Å². The van der Waals surface area contributed by atoms with Crippen LogP contribution in [0, 0.1) is 0 Å². The molecule has 1 fully saturated rings. The van der Waals surface area contributed by atoms with E-state index in [2.05, 4.69) is 4.98 Å². The van der Waals surface area contributed by atoms with Crippen molar-refractivity contribution in [1.29, 1.82) is 0 Å². The molecule has 2 amide bonds. The molecule has 2 aliphatic heterocycles. The van der Waals surface area contributed by atoms with Crippen LogP contribution in [0.15, 0.2) is 42.7 Å². The largest absolute Gasteiger partial charge is 0.332 e. The first-order valence-corrected chi connectivity index (χ1v) is 9.77. The lowest BCUT2D eigenvalue weighted by molar-refractivity contribution is -0.116. The van der Waals surface area contributed by atoms with Crippen LogP contribution in [0.4, 0.5) is 5.69 Å². The lowest BCUT2D eigenvalue weighted by Gasteiger charge is -2.30. The monoisotopic (exact) mass is 363 g/mol. The molecule has 1 aromatic heterocycles. The number of benzene rings is 1. The number of anilines is 1. The summed E-state index contributed by atoms with van der Waals surface area (Å²) in [5.41, 5.74) is 3.91. The maximum Gasteiger partial charge on any atom is 0.254 e. The second-order valence-electron chi connectivity index (χ2n) is 7.41. The van der Waals surface area contributed by atoms with E-state index < -0.39 is 0 Å². The zero-order valence-corrected chi connectivity index (χ0v) is 15.7. The Kier molecular flexibility index (Phi) is 4.92. The van der Waals surface area contributed by atoms with Crippen molar-refractivity contribution in [2.45, 2.75) is 45.1 Å². The van der Waals surface area contributed by atoms with Gasteiger partial charge in [0.2, 0.25) is 5.91 Å². The molecule has 0 radical (unpaired) electrons. The van der Waals surface area contributed by atoms with Crippen molar-refractivity contribution in [1.82, 2.24) is 9.88 Å². The van der Waals surface area contributed by atoms with Crippen LogP contribution < -0.4 is 4.90 Å². The minimum atomic E-state index is 0.0538. The topological polar surface area (TPSA) is 53.5 Å². The number of fused-ring (bicyclic) bond motifs is 1. The molecule has 5 heteroatoms. The molecule has 1 aromatic carbocycles. The predicted molar refractivity (Wildman–Crippen MR) is 105 cm³/mol. The van der Waals surface area contributed by atoms with Crippen molar-refractivity contribution < 1.29 is 9.59 Å². The van der Waals surface area contributed by atoms with E-state index in [0.717, 1.165) is 61.0 Å². The van der Waals surface area contributed by atoms with Crippen molar-refractivity contribution in [2.24, 2.45) is 0 Å². The van der Waals surface area contributed by atoms with Gasteiger partial charge in [-0.3, -0.25) is 14.6 Å². The molecule has 5 nitrogen and oxygen atoms in total. The summed E-state index contributed by atoms with van der Waals surface area (Å²) in [6, 6.07) is 9.92. The fourth-order valence-corrected chi connectivity index (χ4v) is 4.31. The minimum absolute atomic E-state index is 0.0538. The van der Waals surface area contributed by atoms with Crippen molar-refractivity contribution in [2.75, 3.05) is 18.0 Å². The summed E-state index contributed by atoms with van der Waals surface area (Å²) in [5, 5.41) is 0. The molecular weight excluding hydrogens is 338 g/mol. The SMILES string of the molecule is CC(=O)N1CCc2cc(C(=O)N3CCCCCC3c3ccncc3)ccc21. The summed E-state index contributed by atoms with van der Waals surface area (Å²) in [6.45, 7) is 3.07. The first kappa shape index (κ1) is 17.7. The molecule has 1 atom stereocenters. The van der Waals surface area contributed by atoms with Crippen LogP contribution in [0.5, 0.6) is 0 Å². The van der Waals surface area contributed by atoms with Crippen LogP contribution in [0.3, 0.4) is 0 Å². The average molecular weight is 363 g/mol. The Bertz CT molecular complexity index is 850. The summed E-state index contributed by atoms with van der Waals surface area (Å²) in [6.07, 6.45) is 8.72. The van der Waals surface area contributed by atoms with Gasteiger partial charge in [-0.15, -0.1) is 0 Å². The maximum absolute atomic E-state index is 13.4. The van der Waals surface area contributed by atoms with E-state index in [4.69, 9.17) is 0 Å². The van der Waals surface area contributed by atoms with Gasteiger partial charge < -0.3 is 9.80 Å². The van der Waals surface area contributed by atoms with E-state index in [-0.39, 0.29) is 17.9 Å². The van der Waals surface area contributed by atoms with Gasteiger partial charge in [-0.25, -0.2) is 0 Å². The molecular formula is C22H25N3O2. The van der Waals surface area contributed by atoms with Crippen molar-refractivity contribution in [3.05, 3.63) is 59.4 Å². The summed E-state index contributed by atoms with van der Waals surface area (Å²) in [7, 11) is 0. The third-order valence-corrected chi connectivity index (χ3v) is 5.71. The Morgan fingerprint density at radius 3 is 2.63 bits per heavy atom. The lowest BCUT2D eigenvalue weighted by atomic mass is 10.0. The highest BCUT2D eigenvalue weighted by Crippen LogP contribution is 2.33. The summed E-state index contributed by atoms with van der Waals surface area (Å²) in [4.78, 5) is 33.1. The highest BCUT2D eigenvalue weighted by molar-refractivity contribution is 5.98. The van der Waals surface area contributed by atoms with Gasteiger partial charge in [0.15, 0.2) is 0 Å². The fourth-order valence-electron chi connectivity index (χ4n) is 4.31. The normalized spacial score (nSPS) is 19.5. The van der Waals surface area contributed by atoms with Gasteiger partial charge in [0.05, 0.1) is 6.04 Å². The number of nitrogens with zero attached hydrogens (tertiary/aromatic N) is 3. The molecule has 2 aliphatic rings. The first-order chi connectivity index (χ1) is 13.1. The molecule has 0 N–H and O–H groups in total. The first-order valence-electron chi connectivity index (χ1n) is 9.77. The van der Waals surface area contributed by atoms with Gasteiger partial charge in [-0.2, -0.15) is 0 Å². The quantitative estimate of drug-likeness (QED) is 0.817. The number of carbonyl (C=O) groups is 2. The van der Waals surface area contributed by atoms with E-state index in [1.54, 1.807) is 24.2 Å². The number of hydrogen-bond acceptors (Lipinski definition) is 3. The smallest absolute Gasteiger partial charge is 0.254 e. The molecule has 0 saturated carbocycles. The molecule has 2 aromatic rings. The van der Waals surface area contributed by atoms with Crippen LogP contribution in [0.25, 0.3) is 0 Å². The van der Waals surface area contributed by atoms with Crippen LogP contribution in [-0.2, 0) is 11.2 Å². The number of aromatic nitrogens is 1. The highest BCUT2D eigenvalue weighted by atomic mass is 16.2. The highest BCUT2D eigenvalue weighted by Gasteiger charge is 2.29. The molecule has 1 saturated heterocycles. The summed E-state index contributed by atoms with van der Waals surface area (Å²) < 4.78 is 0. The predicted octanol–water partition coefficient (Wildman–Crippen LogP) is 3.75. The number of pyridine rings is 1. The summed E-state index contributed by atoms with van der Waals surface area (Å²) in [5.74, 6) is 0.140. The zero-order chi connectivity index (χ0) is 18.8. The number of amides is 2. The van der Waals surface area contributed by atoms with Crippen LogP contribution >= 0.6 is 0 Å². The standard InChI is InChI=1S/C22H25N3O2/c1-16(26)24-14-10-18-15-19(6-7-21(18)24)22(27)25-13-4-2-3-5-20(25)17-8-11-23-12-9-17/h6-9,11-12,15,20H,2-5,10,13-14H2,1H3. The fraction of sp³-hybridized carbons (Fsp3) is 0.409. The molecule has 27 heavy (non-hydrogen) atoms. The Balaban J connectivity index is 1.63. The Hall–Kier alpha value is -2.69. The number of hydrogen-bond donors (Lipinski definition) is 0. The van der Waals surface area contributed by atoms with E-state index in [9.17, 15) is 9.59 Å². The lowest BCUT2D eigenvalue weighted by Crippen LogP contribution is -2.35. The molecule has 140 valence electrons. The number of likely N-dealkylation sites (tertiary alicyclic amines) is 1. The van der Waals surface area contributed by atoms with Crippen molar-refractivity contribution >= 4 is 17.5 Å². The van der Waals surface area contributed by atoms with Gasteiger partial charge in [0.1, 0.15) is 0 Å². The van der Waals surface area contributed by atoms with Gasteiger partial charge >= 0.3 is 0 Å². The van der Waals surface area contributed by atoms with Crippen LogP contribution in [0.2, 0.25) is 0 Å². The Labute approximate surface area is 160 Å². The van der Waals surface area contributed by atoms with Gasteiger partial charge in [0.25, 0.3) is 5.91 Å². The molecule has 0 bridgehead atoms. The second kappa shape index (κ2) is 7.51. The maximum atomic E-state index is 13.4. The molecule has 0 spiro atoms. The van der Waals surface area contributed by atoms with Gasteiger partial charge in [-0.1, -0.05) is 12.8 Å². The molecule has 4 rings (SSSR count). The minimum Gasteiger partial charge on any atom is -0.332 e. The third-order valence-electron chi connectivity index (χ3n) is 5.71. The Morgan fingerprint density at radius 2 is 1.85 bits per heavy atom. The molecule has 1 unspecified atom stereocenters. The van der Waals surface area contributed by atoms with E-state index >= 15 is 0 Å². The second-order valence-corrected chi connectivity index (χ2v) is 7.41. The average Bonchev–Trinajstić information content (AvgIpc) is 2.96. The van der Waals surface area contributed by atoms with E-state index in [1.165, 1.54) is 0 Å². The zero-order valence-electron chi connectivity index (χ0n) is 15.7. The van der Waals surface area contributed by atoms with Crippen LogP contribution in [-0.4, -0.2) is 34.8 Å². The number of rotatable bonds is 2. The van der Waals surface area contributed by atoms with E-state index in [0.29, 0.717) is 6.54 Å².